The predicted octanol–water partition coefficient (Wildman–Crippen LogP) is 4.71. The topological polar surface area (TPSA) is 147 Å². The first-order valence-corrected chi connectivity index (χ1v) is 19.0. The highest BCUT2D eigenvalue weighted by Crippen LogP contribution is 2.55. The second-order valence-electron chi connectivity index (χ2n) is 15.1. The van der Waals surface area contributed by atoms with Crippen molar-refractivity contribution >= 4 is 17.5 Å². The fourth-order valence-corrected chi connectivity index (χ4v) is 7.11. The van der Waals surface area contributed by atoms with E-state index >= 15 is 0 Å². The maximum atomic E-state index is 13.3. The zero-order valence-electron chi connectivity index (χ0n) is 30.7. The quantitative estimate of drug-likeness (QED) is 0.105. The number of aliphatic hydroxyl groups excluding tert-OH is 5. The number of rotatable bonds is 21. The van der Waals surface area contributed by atoms with Gasteiger partial charge in [-0.3, -0.25) is 9.78 Å². The number of carbonyl (C=O) groups excluding carboxylic acids is 1. The van der Waals surface area contributed by atoms with Gasteiger partial charge in [0.05, 0.1) is 12.7 Å². The Kier molecular flexibility index (Phi) is 14.1. The average Bonchev–Trinajstić information content (AvgIpc) is 4.09. The van der Waals surface area contributed by atoms with Crippen molar-refractivity contribution in [3.8, 4) is 16.9 Å². The number of aromatic nitrogens is 1. The minimum Gasteiger partial charge on any atom is -0.490 e. The number of ether oxygens (including phenoxy) is 1. The van der Waals surface area contributed by atoms with E-state index in [1.807, 2.05) is 43.5 Å². The van der Waals surface area contributed by atoms with Crippen LogP contribution in [0.15, 0.2) is 60.9 Å². The summed E-state index contributed by atoms with van der Waals surface area (Å²) in [5, 5.41) is 50.5. The van der Waals surface area contributed by atoms with Crippen molar-refractivity contribution in [2.45, 2.75) is 107 Å². The second-order valence-corrected chi connectivity index (χ2v) is 15.5. The van der Waals surface area contributed by atoms with Crippen LogP contribution in [0.4, 0.5) is 0 Å². The molecule has 5 N–H and O–H groups in total. The van der Waals surface area contributed by atoms with Crippen LogP contribution in [0.5, 0.6) is 5.75 Å². The van der Waals surface area contributed by atoms with E-state index in [-0.39, 0.29) is 30.2 Å². The molecule has 0 spiro atoms. The molecule has 1 aromatic heterocycles. The van der Waals surface area contributed by atoms with Gasteiger partial charge in [0, 0.05) is 49.0 Å². The molecule has 5 rings (SSSR count). The third-order valence-electron chi connectivity index (χ3n) is 10.7. The van der Waals surface area contributed by atoms with Gasteiger partial charge in [-0.15, -0.1) is 0 Å². The molecular formula is C41H56ClN3O7. The van der Waals surface area contributed by atoms with Crippen LogP contribution in [0.3, 0.4) is 0 Å². The highest BCUT2D eigenvalue weighted by atomic mass is 35.5. The van der Waals surface area contributed by atoms with Gasteiger partial charge in [0.25, 0.3) is 0 Å². The van der Waals surface area contributed by atoms with Crippen molar-refractivity contribution in [2.75, 3.05) is 40.3 Å². The molecule has 2 saturated carbocycles. The Morgan fingerprint density at radius 3 is 2.42 bits per heavy atom. The number of hydrogen-bond acceptors (Lipinski definition) is 9. The summed E-state index contributed by atoms with van der Waals surface area (Å²) in [4.78, 5) is 21.3. The van der Waals surface area contributed by atoms with Crippen LogP contribution in [-0.4, -0.2) is 117 Å². The lowest BCUT2D eigenvalue weighted by Crippen LogP contribution is -2.51. The van der Waals surface area contributed by atoms with Gasteiger partial charge < -0.3 is 40.1 Å². The van der Waals surface area contributed by atoms with Gasteiger partial charge in [-0.25, -0.2) is 0 Å². The van der Waals surface area contributed by atoms with Crippen LogP contribution < -0.4 is 4.74 Å². The van der Waals surface area contributed by atoms with Crippen molar-refractivity contribution in [1.82, 2.24) is 14.8 Å². The molecule has 284 valence electrons. The van der Waals surface area contributed by atoms with E-state index in [0.29, 0.717) is 25.6 Å². The van der Waals surface area contributed by atoms with E-state index in [1.54, 1.807) is 0 Å². The van der Waals surface area contributed by atoms with Gasteiger partial charge >= 0.3 is 0 Å². The molecular weight excluding hydrogens is 682 g/mol. The summed E-state index contributed by atoms with van der Waals surface area (Å²) in [6, 6.07) is 16.7. The summed E-state index contributed by atoms with van der Waals surface area (Å²) < 4.78 is 6.29. The van der Waals surface area contributed by atoms with Crippen molar-refractivity contribution in [2.24, 2.45) is 0 Å². The van der Waals surface area contributed by atoms with Gasteiger partial charge in [0.1, 0.15) is 30.2 Å². The first-order valence-electron chi connectivity index (χ1n) is 18.7. The number of likely N-dealkylation sites (N-methyl/N-ethyl adjacent to an activating group) is 1. The number of halogens is 1. The lowest BCUT2D eigenvalue weighted by atomic mass is 9.84. The van der Waals surface area contributed by atoms with E-state index in [9.17, 15) is 25.2 Å². The fraction of sp³-hybridized carbons (Fsp3) is 0.561. The SMILES string of the molecule is CC(CCCC(=O)N(CCN(C)C)C[C@H](O)[C@@H](O)[C@H](O)[C@H](O)CO)c1ccc(Cl)c(CCC2(c3cnccc3-c3ccccc3OC3CC3)CC2)c1. The largest absolute Gasteiger partial charge is 0.490 e. The van der Waals surface area contributed by atoms with E-state index < -0.39 is 31.0 Å². The molecule has 11 heteroatoms. The Morgan fingerprint density at radius 2 is 1.73 bits per heavy atom. The molecule has 0 radical (unpaired) electrons. The van der Waals surface area contributed by atoms with Crippen molar-refractivity contribution in [1.29, 1.82) is 0 Å². The van der Waals surface area contributed by atoms with Crippen LogP contribution in [0.25, 0.3) is 11.1 Å². The molecule has 1 heterocycles. The Balaban J connectivity index is 1.19. The summed E-state index contributed by atoms with van der Waals surface area (Å²) in [5.41, 5.74) is 5.91. The van der Waals surface area contributed by atoms with Crippen molar-refractivity contribution in [3.63, 3.8) is 0 Å². The number of benzene rings is 2. The van der Waals surface area contributed by atoms with Gasteiger partial charge in [-0.2, -0.15) is 0 Å². The van der Waals surface area contributed by atoms with Gasteiger partial charge in [0.15, 0.2) is 0 Å². The minimum absolute atomic E-state index is 0.0421. The first kappa shape index (κ1) is 40.1. The zero-order valence-corrected chi connectivity index (χ0v) is 31.5. The lowest BCUT2D eigenvalue weighted by molar-refractivity contribution is -0.140. The molecule has 3 aromatic rings. The van der Waals surface area contributed by atoms with E-state index in [2.05, 4.69) is 48.3 Å². The van der Waals surface area contributed by atoms with Crippen LogP contribution in [0.1, 0.15) is 80.9 Å². The Hall–Kier alpha value is -3.09. The number of hydrogen-bond donors (Lipinski definition) is 5. The molecule has 2 aliphatic carbocycles. The Morgan fingerprint density at radius 1 is 1.00 bits per heavy atom. The summed E-state index contributed by atoms with van der Waals surface area (Å²) in [5.74, 6) is 0.956. The molecule has 1 amide bonds. The maximum Gasteiger partial charge on any atom is 0.222 e. The van der Waals surface area contributed by atoms with Gasteiger partial charge in [-0.1, -0.05) is 48.9 Å². The van der Waals surface area contributed by atoms with E-state index in [4.69, 9.17) is 21.4 Å². The monoisotopic (exact) mass is 737 g/mol. The number of aryl methyl sites for hydroxylation is 1. The normalized spacial score (nSPS) is 18.0. The van der Waals surface area contributed by atoms with Crippen LogP contribution >= 0.6 is 11.6 Å². The van der Waals surface area contributed by atoms with Crippen LogP contribution in [0.2, 0.25) is 5.02 Å². The summed E-state index contributed by atoms with van der Waals surface area (Å²) in [6.45, 7) is 2.06. The number of amides is 1. The standard InChI is InChI=1S/C41H56ClN3O7/c1-27(7-6-10-38(49)45(22-21-44(2)3)25-35(47)39(50)40(51)36(48)26-46)28-11-14-34(42)29(23-28)15-17-41(18-19-41)33-24-43-20-16-31(33)32-8-4-5-9-37(32)52-30-12-13-30/h4-5,8-9,11,14,16,20,23-24,27,30,35-36,39-40,46-48,50-51H,6-7,10,12-13,15,17-19,21-22,25-26H2,1-3H3/t27?,35-,36+,39+,40+/m0/s1. The third kappa shape index (κ3) is 10.5. The summed E-state index contributed by atoms with van der Waals surface area (Å²) in [7, 11) is 3.76. The van der Waals surface area contributed by atoms with Crippen LogP contribution in [0, 0.1) is 0 Å². The average molecular weight is 738 g/mol. The molecule has 2 aromatic carbocycles. The van der Waals surface area contributed by atoms with Crippen LogP contribution in [-0.2, 0) is 16.6 Å². The molecule has 0 saturated heterocycles. The molecule has 2 aliphatic rings. The lowest BCUT2D eigenvalue weighted by Gasteiger charge is -2.31. The first-order chi connectivity index (χ1) is 24.9. The highest BCUT2D eigenvalue weighted by molar-refractivity contribution is 6.31. The number of carbonyl (C=O) groups is 1. The Labute approximate surface area is 313 Å². The zero-order chi connectivity index (χ0) is 37.4. The van der Waals surface area contributed by atoms with Crippen molar-refractivity contribution < 1.29 is 35.1 Å². The molecule has 0 aliphatic heterocycles. The molecule has 2 fully saturated rings. The van der Waals surface area contributed by atoms with Crippen molar-refractivity contribution in [3.05, 3.63) is 82.6 Å². The predicted molar refractivity (Wildman–Crippen MR) is 203 cm³/mol. The Bertz CT molecular complexity index is 1610. The van der Waals surface area contributed by atoms with E-state index in [0.717, 1.165) is 66.8 Å². The number of pyridine rings is 1. The fourth-order valence-electron chi connectivity index (χ4n) is 6.90. The minimum atomic E-state index is -1.74. The number of aliphatic hydroxyl groups is 5. The summed E-state index contributed by atoms with van der Waals surface area (Å²) in [6.07, 6.45) is 5.53. The van der Waals surface area contributed by atoms with Gasteiger partial charge in [0.2, 0.25) is 5.91 Å². The summed E-state index contributed by atoms with van der Waals surface area (Å²) >= 11 is 6.78. The molecule has 0 bridgehead atoms. The highest BCUT2D eigenvalue weighted by Gasteiger charge is 2.45. The maximum absolute atomic E-state index is 13.3. The molecule has 5 atom stereocenters. The van der Waals surface area contributed by atoms with E-state index in [1.165, 1.54) is 21.6 Å². The number of nitrogens with zero attached hydrogens (tertiary/aromatic N) is 3. The third-order valence-corrected chi connectivity index (χ3v) is 11.1. The van der Waals surface area contributed by atoms with Gasteiger partial charge in [-0.05, 0) is 117 Å². The molecule has 52 heavy (non-hydrogen) atoms. The smallest absolute Gasteiger partial charge is 0.222 e. The number of para-hydroxylation sites is 1. The molecule has 1 unspecified atom stereocenters. The second kappa shape index (κ2) is 18.3. The molecule has 10 nitrogen and oxygen atoms in total.